The van der Waals surface area contributed by atoms with E-state index in [1.807, 2.05) is 23.1 Å². The highest BCUT2D eigenvalue weighted by atomic mass is 28.4. The molecule has 0 N–H and O–H groups in total. The Morgan fingerprint density at radius 1 is 0.878 bits per heavy atom. The van der Waals surface area contributed by atoms with Crippen molar-refractivity contribution >= 4 is 28.8 Å². The second kappa shape index (κ2) is 11.2. The minimum absolute atomic E-state index is 0.0164. The normalized spacial score (nSPS) is 25.5. The molecule has 0 aromatic heterocycles. The highest BCUT2D eigenvalue weighted by Crippen LogP contribution is 2.51. The molecule has 1 heterocycles. The van der Waals surface area contributed by atoms with Crippen LogP contribution in [0.3, 0.4) is 0 Å². The number of fused-ring (bicyclic) bond motifs is 1. The van der Waals surface area contributed by atoms with E-state index in [4.69, 9.17) is 8.85 Å². The standard InChI is InChI=1S/C34H51NO4Si2/c1-32(2,3)40(7,8)38-28-22-26-18-14-15-19-27(26)30(28)35-24-29(39-41(9,10)33(4,5)6)34(20-21-36,31(35)37)23-25-16-12-11-13-17-25/h11-19,21,28-30H,20,22-24H2,1-10H3/t28-,29-,30+,34+/m1/s1. The first-order chi connectivity index (χ1) is 18.9. The summed E-state index contributed by atoms with van der Waals surface area (Å²) in [6.07, 6.45) is 1.81. The van der Waals surface area contributed by atoms with Gasteiger partial charge >= 0.3 is 0 Å². The lowest BCUT2D eigenvalue weighted by molar-refractivity contribution is -0.142. The Bertz CT molecular complexity index is 1250. The van der Waals surface area contributed by atoms with Crippen LogP contribution < -0.4 is 0 Å². The van der Waals surface area contributed by atoms with E-state index in [-0.39, 0.29) is 40.7 Å². The van der Waals surface area contributed by atoms with Crippen molar-refractivity contribution in [1.29, 1.82) is 0 Å². The average molecular weight is 594 g/mol. The summed E-state index contributed by atoms with van der Waals surface area (Å²) in [4.78, 5) is 29.3. The molecule has 0 radical (unpaired) electrons. The Balaban J connectivity index is 1.82. The zero-order chi connectivity index (χ0) is 30.4. The number of hydrogen-bond donors (Lipinski definition) is 0. The Hall–Kier alpha value is -2.07. The minimum Gasteiger partial charge on any atom is -0.411 e. The second-order valence-corrected chi connectivity index (χ2v) is 24.8. The van der Waals surface area contributed by atoms with E-state index in [2.05, 4.69) is 104 Å². The van der Waals surface area contributed by atoms with Gasteiger partial charge in [0.05, 0.1) is 23.7 Å². The lowest BCUT2D eigenvalue weighted by Crippen LogP contribution is -2.50. The van der Waals surface area contributed by atoms with Crippen LogP contribution in [0.25, 0.3) is 0 Å². The smallest absolute Gasteiger partial charge is 0.232 e. The molecule has 4 rings (SSSR count). The summed E-state index contributed by atoms with van der Waals surface area (Å²) in [6.45, 7) is 23.0. The van der Waals surface area contributed by atoms with Crippen LogP contribution in [0.5, 0.6) is 0 Å². The van der Waals surface area contributed by atoms with Crippen LogP contribution >= 0.6 is 0 Å². The first-order valence-corrected chi connectivity index (χ1v) is 21.0. The van der Waals surface area contributed by atoms with E-state index in [9.17, 15) is 9.59 Å². The minimum atomic E-state index is -2.27. The fraction of sp³-hybridized carbons (Fsp3) is 0.588. The number of aldehydes is 1. The molecule has 5 nitrogen and oxygen atoms in total. The van der Waals surface area contributed by atoms with Gasteiger partial charge < -0.3 is 18.5 Å². The highest BCUT2D eigenvalue weighted by Gasteiger charge is 2.60. The molecule has 2 aromatic rings. The molecule has 1 amide bonds. The van der Waals surface area contributed by atoms with Gasteiger partial charge in [-0.05, 0) is 59.4 Å². The predicted octanol–water partition coefficient (Wildman–Crippen LogP) is 7.72. The molecule has 4 atom stereocenters. The van der Waals surface area contributed by atoms with E-state index < -0.39 is 22.0 Å². The number of benzene rings is 2. The molecule has 2 aliphatic rings. The maximum Gasteiger partial charge on any atom is 0.232 e. The molecular formula is C34H51NO4Si2. The molecule has 0 spiro atoms. The molecule has 2 aromatic carbocycles. The lowest BCUT2D eigenvalue weighted by Gasteiger charge is -2.42. The van der Waals surface area contributed by atoms with Crippen LogP contribution in [0, 0.1) is 5.41 Å². The quantitative estimate of drug-likeness (QED) is 0.221. The average Bonchev–Trinajstić information content (AvgIpc) is 3.33. The zero-order valence-electron chi connectivity index (χ0n) is 26.9. The van der Waals surface area contributed by atoms with Crippen LogP contribution in [0.1, 0.15) is 70.7 Å². The van der Waals surface area contributed by atoms with Crippen molar-refractivity contribution in [2.45, 2.75) is 115 Å². The highest BCUT2D eigenvalue weighted by molar-refractivity contribution is 6.74. The van der Waals surface area contributed by atoms with Crippen molar-refractivity contribution in [3.63, 3.8) is 0 Å². The Morgan fingerprint density at radius 2 is 1.44 bits per heavy atom. The summed E-state index contributed by atoms with van der Waals surface area (Å²) in [5, 5.41) is 0.0149. The number of carbonyl (C=O) groups excluding carboxylic acids is 2. The van der Waals surface area contributed by atoms with Gasteiger partial charge in [-0.3, -0.25) is 4.79 Å². The van der Waals surface area contributed by atoms with Gasteiger partial charge in [0, 0.05) is 19.4 Å². The molecule has 7 heteroatoms. The van der Waals surface area contributed by atoms with Crippen LogP contribution in [-0.2, 0) is 31.3 Å². The Kier molecular flexibility index (Phi) is 8.71. The van der Waals surface area contributed by atoms with Gasteiger partial charge in [0.2, 0.25) is 5.91 Å². The lowest BCUT2D eigenvalue weighted by atomic mass is 9.75. The van der Waals surface area contributed by atoms with Crippen molar-refractivity contribution in [1.82, 2.24) is 4.90 Å². The molecule has 1 saturated heterocycles. The van der Waals surface area contributed by atoms with Crippen molar-refractivity contribution < 1.29 is 18.4 Å². The number of amides is 1. The summed E-state index contributed by atoms with van der Waals surface area (Å²) >= 11 is 0. The van der Waals surface area contributed by atoms with Crippen LogP contribution in [0.15, 0.2) is 54.6 Å². The van der Waals surface area contributed by atoms with E-state index in [0.717, 1.165) is 23.8 Å². The number of likely N-dealkylation sites (tertiary alicyclic amines) is 1. The molecular weight excluding hydrogens is 543 g/mol. The SMILES string of the molecule is CC(C)(C)[Si](C)(C)O[C@@H]1Cc2ccccc2[C@@H]1N1C[C@@H](O[Si](C)(C)C(C)(C)C)[C@](CC=O)(Cc2ccccc2)C1=O. The summed E-state index contributed by atoms with van der Waals surface area (Å²) in [5.74, 6) is 0.0164. The van der Waals surface area contributed by atoms with Gasteiger partial charge in [0.25, 0.3) is 0 Å². The monoisotopic (exact) mass is 593 g/mol. The van der Waals surface area contributed by atoms with Crippen molar-refractivity contribution in [2.24, 2.45) is 5.41 Å². The first-order valence-electron chi connectivity index (χ1n) is 15.2. The largest absolute Gasteiger partial charge is 0.411 e. The molecule has 1 fully saturated rings. The fourth-order valence-corrected chi connectivity index (χ4v) is 8.63. The van der Waals surface area contributed by atoms with Gasteiger partial charge in [-0.15, -0.1) is 0 Å². The van der Waals surface area contributed by atoms with E-state index >= 15 is 0 Å². The third-order valence-electron chi connectivity index (χ3n) is 10.5. The third-order valence-corrected chi connectivity index (χ3v) is 19.4. The molecule has 0 unspecified atom stereocenters. The number of nitrogens with zero attached hydrogens (tertiary/aromatic N) is 1. The number of hydrogen-bond acceptors (Lipinski definition) is 4. The van der Waals surface area contributed by atoms with Crippen LogP contribution in [0.2, 0.25) is 36.3 Å². The summed E-state index contributed by atoms with van der Waals surface area (Å²) < 4.78 is 14.2. The van der Waals surface area contributed by atoms with E-state index in [1.54, 1.807) is 0 Å². The Morgan fingerprint density at radius 3 is 2.02 bits per heavy atom. The van der Waals surface area contributed by atoms with Gasteiger partial charge in [-0.25, -0.2) is 0 Å². The number of rotatable bonds is 9. The van der Waals surface area contributed by atoms with Crippen molar-refractivity contribution in [2.75, 3.05) is 6.54 Å². The molecule has 1 aliphatic carbocycles. The molecule has 41 heavy (non-hydrogen) atoms. The molecule has 0 saturated carbocycles. The number of carbonyl (C=O) groups is 2. The second-order valence-electron chi connectivity index (χ2n) is 15.3. The summed E-state index contributed by atoms with van der Waals surface area (Å²) in [5.41, 5.74) is 2.50. The fourth-order valence-electron chi connectivity index (χ4n) is 5.94. The summed E-state index contributed by atoms with van der Waals surface area (Å²) in [6, 6.07) is 18.4. The van der Waals surface area contributed by atoms with Gasteiger partial charge in [-0.1, -0.05) is 96.1 Å². The van der Waals surface area contributed by atoms with Crippen molar-refractivity contribution in [3.8, 4) is 0 Å². The zero-order valence-corrected chi connectivity index (χ0v) is 28.9. The summed E-state index contributed by atoms with van der Waals surface area (Å²) in [7, 11) is -4.41. The topological polar surface area (TPSA) is 55.8 Å². The Labute approximate surface area is 250 Å². The predicted molar refractivity (Wildman–Crippen MR) is 172 cm³/mol. The molecule has 224 valence electrons. The first kappa shape index (κ1) is 31.9. The maximum absolute atomic E-state index is 14.9. The van der Waals surface area contributed by atoms with E-state index in [1.165, 1.54) is 5.56 Å². The maximum atomic E-state index is 14.9. The van der Waals surface area contributed by atoms with Gasteiger partial charge in [-0.2, -0.15) is 0 Å². The van der Waals surface area contributed by atoms with Gasteiger partial charge in [0.1, 0.15) is 6.29 Å². The van der Waals surface area contributed by atoms with E-state index in [0.29, 0.717) is 13.0 Å². The van der Waals surface area contributed by atoms with Crippen LogP contribution in [-0.4, -0.2) is 52.5 Å². The van der Waals surface area contributed by atoms with Crippen LogP contribution in [0.4, 0.5) is 0 Å². The molecule has 1 aliphatic heterocycles. The molecule has 0 bridgehead atoms. The van der Waals surface area contributed by atoms with Gasteiger partial charge in [0.15, 0.2) is 16.6 Å². The third kappa shape index (κ3) is 6.06. The van der Waals surface area contributed by atoms with Crippen molar-refractivity contribution in [3.05, 3.63) is 71.3 Å².